The third-order valence-corrected chi connectivity index (χ3v) is 9.09. The van der Waals surface area contributed by atoms with Gasteiger partial charge >= 0.3 is 0 Å². The summed E-state index contributed by atoms with van der Waals surface area (Å²) < 4.78 is 2.13. The number of primary amides is 1. The minimum atomic E-state index is -0.460. The first-order valence-electron chi connectivity index (χ1n) is 12.2. The number of thioether (sulfide) groups is 1. The molecule has 1 unspecified atom stereocenters. The average Bonchev–Trinajstić information content (AvgIpc) is 3.36. The fourth-order valence-electron chi connectivity index (χ4n) is 5.13. The van der Waals surface area contributed by atoms with Crippen molar-refractivity contribution in [3.05, 3.63) is 21.8 Å². The quantitative estimate of drug-likeness (QED) is 0.491. The SMILES string of the molecule is CCn1c(CCC2CCCCC2)nnc1SCC(=O)Nc1sc2c(c1C(N)=O)CCC(C)C2. The maximum absolute atomic E-state index is 12.7. The summed E-state index contributed by atoms with van der Waals surface area (Å²) in [6.45, 7) is 5.10. The van der Waals surface area contributed by atoms with Crippen LogP contribution in [0.2, 0.25) is 0 Å². The molecular weight excluding hydrogens is 454 g/mol. The van der Waals surface area contributed by atoms with Crippen molar-refractivity contribution in [1.82, 2.24) is 14.8 Å². The van der Waals surface area contributed by atoms with Crippen LogP contribution in [-0.4, -0.2) is 32.3 Å². The molecule has 2 aliphatic rings. The molecule has 1 fully saturated rings. The number of hydrogen-bond donors (Lipinski definition) is 2. The molecule has 9 heteroatoms. The second-order valence-corrected chi connectivity index (χ2v) is 11.5. The Balaban J connectivity index is 1.36. The Hall–Kier alpha value is -1.87. The summed E-state index contributed by atoms with van der Waals surface area (Å²) in [5, 5.41) is 13.1. The topological polar surface area (TPSA) is 103 Å². The number of nitrogens with zero attached hydrogens (tertiary/aromatic N) is 3. The fraction of sp³-hybridized carbons (Fsp3) is 0.667. The molecule has 7 nitrogen and oxygen atoms in total. The molecule has 2 aromatic rings. The standard InChI is InChI=1S/C24H35N5O2S2/c1-3-29-19(12-10-16-7-5-4-6-8-16)27-28-24(29)32-14-20(30)26-23-21(22(25)31)17-11-9-15(2)13-18(17)33-23/h15-16H,3-14H2,1-2H3,(H2,25,31)(H,26,30). The van der Waals surface area contributed by atoms with E-state index in [0.717, 1.165) is 54.7 Å². The number of nitrogens with two attached hydrogens (primary N) is 1. The van der Waals surface area contributed by atoms with E-state index < -0.39 is 5.91 Å². The van der Waals surface area contributed by atoms with Crippen LogP contribution in [0.15, 0.2) is 5.16 Å². The number of fused-ring (bicyclic) bond motifs is 1. The first-order chi connectivity index (χ1) is 16.0. The van der Waals surface area contributed by atoms with Crippen LogP contribution in [0.5, 0.6) is 0 Å². The van der Waals surface area contributed by atoms with E-state index in [2.05, 4.69) is 33.9 Å². The number of amides is 2. The van der Waals surface area contributed by atoms with E-state index in [9.17, 15) is 9.59 Å². The van der Waals surface area contributed by atoms with Crippen molar-refractivity contribution >= 4 is 39.9 Å². The van der Waals surface area contributed by atoms with Gasteiger partial charge < -0.3 is 15.6 Å². The molecule has 2 heterocycles. The van der Waals surface area contributed by atoms with Gasteiger partial charge in [-0.2, -0.15) is 0 Å². The second-order valence-electron chi connectivity index (χ2n) is 9.44. The average molecular weight is 490 g/mol. The van der Waals surface area contributed by atoms with E-state index in [0.29, 0.717) is 16.5 Å². The molecule has 2 amide bonds. The number of anilines is 1. The van der Waals surface area contributed by atoms with Crippen LogP contribution >= 0.6 is 23.1 Å². The maximum Gasteiger partial charge on any atom is 0.251 e. The van der Waals surface area contributed by atoms with Crippen molar-refractivity contribution in [1.29, 1.82) is 0 Å². The molecule has 2 aliphatic carbocycles. The molecule has 0 spiro atoms. The number of aromatic nitrogens is 3. The minimum Gasteiger partial charge on any atom is -0.365 e. The van der Waals surface area contributed by atoms with Crippen molar-refractivity contribution in [2.75, 3.05) is 11.1 Å². The van der Waals surface area contributed by atoms with Gasteiger partial charge in [0, 0.05) is 17.8 Å². The third-order valence-electron chi connectivity index (χ3n) is 6.95. The third kappa shape index (κ3) is 5.80. The number of carbonyl (C=O) groups excluding carboxylic acids is 2. The van der Waals surface area contributed by atoms with E-state index in [1.165, 1.54) is 66.5 Å². The number of thiophene rings is 1. The van der Waals surface area contributed by atoms with Crippen LogP contribution in [0.3, 0.4) is 0 Å². The van der Waals surface area contributed by atoms with Gasteiger partial charge in [-0.05, 0) is 50.0 Å². The summed E-state index contributed by atoms with van der Waals surface area (Å²) in [6.07, 6.45) is 11.7. The normalized spacial score (nSPS) is 18.8. The van der Waals surface area contributed by atoms with E-state index in [4.69, 9.17) is 5.73 Å². The summed E-state index contributed by atoms with van der Waals surface area (Å²) in [4.78, 5) is 26.0. The van der Waals surface area contributed by atoms with Gasteiger partial charge in [-0.15, -0.1) is 21.5 Å². The zero-order valence-corrected chi connectivity index (χ0v) is 21.3. The van der Waals surface area contributed by atoms with Crippen molar-refractivity contribution in [3.8, 4) is 0 Å². The van der Waals surface area contributed by atoms with Crippen molar-refractivity contribution in [2.45, 2.75) is 89.8 Å². The van der Waals surface area contributed by atoms with Crippen molar-refractivity contribution in [2.24, 2.45) is 17.6 Å². The van der Waals surface area contributed by atoms with Crippen LogP contribution in [0.25, 0.3) is 0 Å². The molecule has 0 radical (unpaired) electrons. The highest BCUT2D eigenvalue weighted by Crippen LogP contribution is 2.39. The van der Waals surface area contributed by atoms with E-state index in [-0.39, 0.29) is 11.7 Å². The Morgan fingerprint density at radius 2 is 2.00 bits per heavy atom. The molecule has 4 rings (SSSR count). The molecule has 2 aromatic heterocycles. The Bertz CT molecular complexity index is 993. The molecule has 180 valence electrons. The zero-order valence-electron chi connectivity index (χ0n) is 19.7. The van der Waals surface area contributed by atoms with Gasteiger partial charge in [0.1, 0.15) is 10.8 Å². The summed E-state index contributed by atoms with van der Waals surface area (Å²) in [7, 11) is 0. The van der Waals surface area contributed by atoms with Crippen LogP contribution in [0.1, 0.15) is 85.4 Å². The molecule has 0 aromatic carbocycles. The first kappa shape index (κ1) is 24.3. The van der Waals surface area contributed by atoms with Crippen LogP contribution < -0.4 is 11.1 Å². The summed E-state index contributed by atoms with van der Waals surface area (Å²) in [5.74, 6) is 2.02. The van der Waals surface area contributed by atoms with E-state index >= 15 is 0 Å². The predicted molar refractivity (Wildman–Crippen MR) is 134 cm³/mol. The molecule has 0 aliphatic heterocycles. The van der Waals surface area contributed by atoms with E-state index in [1.807, 2.05) is 0 Å². The number of rotatable bonds is 9. The Kier molecular flexibility index (Phi) is 8.11. The summed E-state index contributed by atoms with van der Waals surface area (Å²) >= 11 is 2.90. The van der Waals surface area contributed by atoms with Gasteiger partial charge in [0.25, 0.3) is 5.91 Å². The van der Waals surface area contributed by atoms with Gasteiger partial charge in [-0.1, -0.05) is 50.8 Å². The Morgan fingerprint density at radius 3 is 2.73 bits per heavy atom. The summed E-state index contributed by atoms with van der Waals surface area (Å²) in [5.41, 5.74) is 7.20. The van der Waals surface area contributed by atoms with Crippen LogP contribution in [-0.2, 0) is 30.6 Å². The number of nitrogens with one attached hydrogen (secondary N) is 1. The second kappa shape index (κ2) is 11.0. The lowest BCUT2D eigenvalue weighted by molar-refractivity contribution is -0.113. The lowest BCUT2D eigenvalue weighted by Gasteiger charge is -2.21. The number of carbonyl (C=O) groups is 2. The van der Waals surface area contributed by atoms with Crippen LogP contribution in [0.4, 0.5) is 5.00 Å². The van der Waals surface area contributed by atoms with Gasteiger partial charge in [0.05, 0.1) is 11.3 Å². The molecule has 1 atom stereocenters. The number of aryl methyl sites for hydroxylation is 1. The lowest BCUT2D eigenvalue weighted by Crippen LogP contribution is -2.20. The molecule has 33 heavy (non-hydrogen) atoms. The Morgan fingerprint density at radius 1 is 1.21 bits per heavy atom. The molecular formula is C24H35N5O2S2. The van der Waals surface area contributed by atoms with Crippen LogP contribution in [0, 0.1) is 11.8 Å². The van der Waals surface area contributed by atoms with Crippen molar-refractivity contribution in [3.63, 3.8) is 0 Å². The van der Waals surface area contributed by atoms with E-state index in [1.54, 1.807) is 0 Å². The predicted octanol–water partition coefficient (Wildman–Crippen LogP) is 4.83. The zero-order chi connectivity index (χ0) is 23.4. The minimum absolute atomic E-state index is 0.149. The highest BCUT2D eigenvalue weighted by Gasteiger charge is 2.27. The van der Waals surface area contributed by atoms with Gasteiger partial charge in [0.15, 0.2) is 5.16 Å². The smallest absolute Gasteiger partial charge is 0.251 e. The van der Waals surface area contributed by atoms with Gasteiger partial charge in [0.2, 0.25) is 5.91 Å². The molecule has 0 saturated heterocycles. The monoisotopic (exact) mass is 489 g/mol. The largest absolute Gasteiger partial charge is 0.365 e. The lowest BCUT2D eigenvalue weighted by atomic mass is 9.86. The Labute approximate surface area is 204 Å². The molecule has 3 N–H and O–H groups in total. The highest BCUT2D eigenvalue weighted by molar-refractivity contribution is 7.99. The van der Waals surface area contributed by atoms with Gasteiger partial charge in [-0.25, -0.2) is 0 Å². The summed E-state index contributed by atoms with van der Waals surface area (Å²) in [6, 6.07) is 0. The highest BCUT2D eigenvalue weighted by atomic mass is 32.2. The fourth-order valence-corrected chi connectivity index (χ4v) is 7.38. The van der Waals surface area contributed by atoms with Gasteiger partial charge in [-0.3, -0.25) is 9.59 Å². The van der Waals surface area contributed by atoms with Crippen molar-refractivity contribution < 1.29 is 9.59 Å². The first-order valence-corrected chi connectivity index (χ1v) is 14.1. The maximum atomic E-state index is 12.7. The number of hydrogen-bond acceptors (Lipinski definition) is 6. The molecule has 1 saturated carbocycles. The molecule has 0 bridgehead atoms.